The van der Waals surface area contributed by atoms with Gasteiger partial charge in [0.25, 0.3) is 0 Å². The van der Waals surface area contributed by atoms with E-state index in [0.29, 0.717) is 5.41 Å². The molecule has 0 radical (unpaired) electrons. The van der Waals surface area contributed by atoms with Gasteiger partial charge in [-0.05, 0) is 43.2 Å². The molecule has 1 aromatic carbocycles. The van der Waals surface area contributed by atoms with Gasteiger partial charge in [-0.25, -0.2) is 4.99 Å². The van der Waals surface area contributed by atoms with E-state index < -0.39 is 0 Å². The highest BCUT2D eigenvalue weighted by Gasteiger charge is 2.43. The van der Waals surface area contributed by atoms with Crippen molar-refractivity contribution in [2.45, 2.75) is 32.1 Å². The van der Waals surface area contributed by atoms with Crippen LogP contribution in [0.2, 0.25) is 0 Å². The van der Waals surface area contributed by atoms with Crippen LogP contribution in [-0.4, -0.2) is 75.5 Å². The molecular weight excluding hydrogens is 350 g/mol. The van der Waals surface area contributed by atoms with E-state index in [1.54, 1.807) is 19.0 Å². The zero-order valence-electron chi connectivity index (χ0n) is 17.7. The van der Waals surface area contributed by atoms with Gasteiger partial charge in [0.15, 0.2) is 5.96 Å². The number of para-hydroxylation sites is 1. The van der Waals surface area contributed by atoms with Gasteiger partial charge in [-0.1, -0.05) is 24.6 Å². The fourth-order valence-corrected chi connectivity index (χ4v) is 4.08. The number of rotatable bonds is 7. The summed E-state index contributed by atoms with van der Waals surface area (Å²) in [5, 5.41) is 3.53. The third-order valence-electron chi connectivity index (χ3n) is 6.17. The summed E-state index contributed by atoms with van der Waals surface area (Å²) in [6.07, 6.45) is 6.32. The Kier molecular flexibility index (Phi) is 6.81. The van der Waals surface area contributed by atoms with Crippen LogP contribution in [0, 0.1) is 5.41 Å². The molecule has 6 nitrogen and oxygen atoms in total. The second-order valence-corrected chi connectivity index (χ2v) is 8.49. The number of benzene rings is 1. The van der Waals surface area contributed by atoms with Gasteiger partial charge in [-0.3, -0.25) is 4.79 Å². The molecule has 0 atom stereocenters. The van der Waals surface area contributed by atoms with E-state index in [-0.39, 0.29) is 12.5 Å². The van der Waals surface area contributed by atoms with Crippen LogP contribution in [0.4, 0.5) is 5.69 Å². The minimum Gasteiger partial charge on any atom is -0.375 e. The van der Waals surface area contributed by atoms with Gasteiger partial charge in [0.2, 0.25) is 5.91 Å². The molecule has 0 bridgehead atoms. The number of hydrogen-bond acceptors (Lipinski definition) is 3. The van der Waals surface area contributed by atoms with Gasteiger partial charge >= 0.3 is 0 Å². The number of carbonyl (C=O) groups excluding carboxylic acids is 1. The quantitative estimate of drug-likeness (QED) is 0.445. The fourth-order valence-electron chi connectivity index (χ4n) is 4.08. The highest BCUT2D eigenvalue weighted by atomic mass is 16.2. The van der Waals surface area contributed by atoms with Gasteiger partial charge in [0, 0.05) is 53.0 Å². The van der Waals surface area contributed by atoms with Gasteiger partial charge in [-0.2, -0.15) is 0 Å². The van der Waals surface area contributed by atoms with Crippen molar-refractivity contribution in [3.63, 3.8) is 0 Å². The van der Waals surface area contributed by atoms with E-state index in [2.05, 4.69) is 51.4 Å². The van der Waals surface area contributed by atoms with E-state index in [1.165, 1.54) is 31.4 Å². The molecule has 1 aliphatic carbocycles. The van der Waals surface area contributed by atoms with Crippen LogP contribution < -0.4 is 10.2 Å². The molecule has 1 spiro atoms. The Morgan fingerprint density at radius 3 is 2.54 bits per heavy atom. The monoisotopic (exact) mass is 385 g/mol. The molecule has 1 heterocycles. The number of guanidine groups is 1. The maximum absolute atomic E-state index is 12.0. The lowest BCUT2D eigenvalue weighted by Gasteiger charge is -2.38. The summed E-state index contributed by atoms with van der Waals surface area (Å²) in [6.45, 7) is 4.17. The lowest BCUT2D eigenvalue weighted by molar-refractivity contribution is -0.127. The predicted molar refractivity (Wildman–Crippen MR) is 116 cm³/mol. The second-order valence-electron chi connectivity index (χ2n) is 8.49. The van der Waals surface area contributed by atoms with Crippen molar-refractivity contribution in [1.82, 2.24) is 15.1 Å². The van der Waals surface area contributed by atoms with Crippen molar-refractivity contribution in [3.05, 3.63) is 30.3 Å². The van der Waals surface area contributed by atoms with Crippen molar-refractivity contribution >= 4 is 17.6 Å². The molecule has 1 aromatic rings. The maximum Gasteiger partial charge on any atom is 0.243 e. The zero-order chi connectivity index (χ0) is 20.0. The Morgan fingerprint density at radius 1 is 1.18 bits per heavy atom. The maximum atomic E-state index is 12.0. The summed E-state index contributed by atoms with van der Waals surface area (Å²) in [5.41, 5.74) is 1.75. The molecule has 6 heteroatoms. The minimum absolute atomic E-state index is 0.0423. The van der Waals surface area contributed by atoms with E-state index in [1.807, 2.05) is 6.07 Å². The third-order valence-corrected chi connectivity index (χ3v) is 6.17. The number of likely N-dealkylation sites (N-methyl/N-ethyl adjacent to an activating group) is 1. The molecular formula is C22H35N5O. The highest BCUT2D eigenvalue weighted by molar-refractivity contribution is 5.85. The summed E-state index contributed by atoms with van der Waals surface area (Å²) in [5.74, 6) is 0.946. The largest absolute Gasteiger partial charge is 0.375 e. The Morgan fingerprint density at radius 2 is 1.93 bits per heavy atom. The summed E-state index contributed by atoms with van der Waals surface area (Å²) in [7, 11) is 5.69. The number of carbonyl (C=O) groups is 1. The second kappa shape index (κ2) is 9.30. The molecule has 1 saturated carbocycles. The Labute approximate surface area is 169 Å². The van der Waals surface area contributed by atoms with Crippen LogP contribution in [0.3, 0.4) is 0 Å². The van der Waals surface area contributed by atoms with Crippen LogP contribution in [0.15, 0.2) is 35.3 Å². The third kappa shape index (κ3) is 5.18. The smallest absolute Gasteiger partial charge is 0.243 e. The van der Waals surface area contributed by atoms with E-state index >= 15 is 0 Å². The molecule has 28 heavy (non-hydrogen) atoms. The van der Waals surface area contributed by atoms with Gasteiger partial charge in [0.1, 0.15) is 6.54 Å². The van der Waals surface area contributed by atoms with Crippen molar-refractivity contribution < 1.29 is 4.79 Å². The molecule has 1 saturated heterocycles. The van der Waals surface area contributed by atoms with E-state index in [0.717, 1.165) is 38.6 Å². The van der Waals surface area contributed by atoms with Gasteiger partial charge < -0.3 is 20.0 Å². The lowest BCUT2D eigenvalue weighted by Crippen LogP contribution is -2.44. The molecule has 2 fully saturated rings. The van der Waals surface area contributed by atoms with Crippen molar-refractivity contribution in [3.8, 4) is 0 Å². The minimum atomic E-state index is 0.0423. The number of hydrogen-bond donors (Lipinski definition) is 1. The SMILES string of the molecule is CN(C)C(=O)CN=C(NCCCN(C)c1ccccc1)N1CCC2(CCC2)C1. The summed E-state index contributed by atoms with van der Waals surface area (Å²) >= 11 is 0. The predicted octanol–water partition coefficient (Wildman–Crippen LogP) is 2.42. The molecule has 3 rings (SSSR count). The van der Waals surface area contributed by atoms with Crippen molar-refractivity contribution in [1.29, 1.82) is 0 Å². The first-order valence-corrected chi connectivity index (χ1v) is 10.5. The van der Waals surface area contributed by atoms with E-state index in [4.69, 9.17) is 0 Å². The number of amides is 1. The van der Waals surface area contributed by atoms with Gasteiger partial charge in [0.05, 0.1) is 0 Å². The normalized spacial score (nSPS) is 18.1. The average molecular weight is 386 g/mol. The molecule has 1 N–H and O–H groups in total. The van der Waals surface area contributed by atoms with Crippen LogP contribution >= 0.6 is 0 Å². The standard InChI is InChI=1S/C22H35N5O/c1-25(2)20(28)17-24-21(27-16-13-22(18-27)11-7-12-22)23-14-8-15-26(3)19-9-5-4-6-10-19/h4-6,9-10H,7-8,11-18H2,1-3H3,(H,23,24). The first-order chi connectivity index (χ1) is 13.5. The lowest BCUT2D eigenvalue weighted by atomic mass is 9.68. The van der Waals surface area contributed by atoms with Gasteiger partial charge in [-0.15, -0.1) is 0 Å². The van der Waals surface area contributed by atoms with Crippen molar-refractivity contribution in [2.24, 2.45) is 10.4 Å². The zero-order valence-corrected chi connectivity index (χ0v) is 17.7. The van der Waals surface area contributed by atoms with Crippen LogP contribution in [0.1, 0.15) is 32.1 Å². The number of anilines is 1. The number of aliphatic imine (C=N–C) groups is 1. The molecule has 2 aliphatic rings. The number of nitrogens with one attached hydrogen (secondary N) is 1. The number of nitrogens with zero attached hydrogens (tertiary/aromatic N) is 4. The van der Waals surface area contributed by atoms with E-state index in [9.17, 15) is 4.79 Å². The average Bonchev–Trinajstić information content (AvgIpc) is 3.13. The topological polar surface area (TPSA) is 51.2 Å². The first kappa shape index (κ1) is 20.5. The Hall–Kier alpha value is -2.24. The summed E-state index contributed by atoms with van der Waals surface area (Å²) in [4.78, 5) is 22.9. The van der Waals surface area contributed by atoms with Crippen LogP contribution in [0.25, 0.3) is 0 Å². The highest BCUT2D eigenvalue weighted by Crippen LogP contribution is 2.47. The fraction of sp³-hybridized carbons (Fsp3) is 0.636. The van der Waals surface area contributed by atoms with Crippen molar-refractivity contribution in [2.75, 3.05) is 58.8 Å². The van der Waals surface area contributed by atoms with Crippen LogP contribution in [0.5, 0.6) is 0 Å². The first-order valence-electron chi connectivity index (χ1n) is 10.5. The number of likely N-dealkylation sites (tertiary alicyclic amines) is 1. The summed E-state index contributed by atoms with van der Waals surface area (Å²) < 4.78 is 0. The molecule has 154 valence electrons. The summed E-state index contributed by atoms with van der Waals surface area (Å²) in [6, 6.07) is 10.5. The molecule has 1 aliphatic heterocycles. The molecule has 1 amide bonds. The Bertz CT molecular complexity index is 669. The van der Waals surface area contributed by atoms with Crippen LogP contribution in [-0.2, 0) is 4.79 Å². The molecule has 0 aromatic heterocycles. The Balaban J connectivity index is 1.52. The molecule has 0 unspecified atom stereocenters.